The van der Waals surface area contributed by atoms with Crippen LogP contribution in [0.4, 0.5) is 16.2 Å². The molecule has 37 heavy (non-hydrogen) atoms. The maximum atomic E-state index is 12.8. The topological polar surface area (TPSA) is 135 Å². The number of aliphatic carboxylic acids is 1. The number of nitrogens with zero attached hydrogens (tertiary/aromatic N) is 1. The van der Waals surface area contributed by atoms with Gasteiger partial charge in [-0.3, -0.25) is 9.59 Å². The summed E-state index contributed by atoms with van der Waals surface area (Å²) in [7, 11) is 0. The van der Waals surface area contributed by atoms with E-state index in [1.54, 1.807) is 31.2 Å². The second-order valence-corrected chi connectivity index (χ2v) is 8.97. The molecule has 0 fully saturated rings. The van der Waals surface area contributed by atoms with Gasteiger partial charge in [0.05, 0.1) is 12.5 Å². The maximum Gasteiger partial charge on any atom is 0.319 e. The zero-order valence-corrected chi connectivity index (χ0v) is 21.7. The lowest BCUT2D eigenvalue weighted by molar-refractivity contribution is -0.137. The summed E-state index contributed by atoms with van der Waals surface area (Å²) in [5.74, 6) is -1.47. The molecule has 3 aromatic rings. The number of halogens is 1. The number of H-pyrrole nitrogens is 1. The molecule has 9 nitrogen and oxygen atoms in total. The zero-order valence-electron chi connectivity index (χ0n) is 21.0. The molecule has 196 valence electrons. The van der Waals surface area contributed by atoms with Crippen LogP contribution in [0.3, 0.4) is 0 Å². The second kappa shape index (κ2) is 12.3. The van der Waals surface area contributed by atoms with Gasteiger partial charge in [-0.05, 0) is 50.1 Å². The third-order valence-corrected chi connectivity index (χ3v) is 6.55. The van der Waals surface area contributed by atoms with Gasteiger partial charge < -0.3 is 30.7 Å². The van der Waals surface area contributed by atoms with E-state index >= 15 is 0 Å². The summed E-state index contributed by atoms with van der Waals surface area (Å²) in [6, 6.07) is 12.8. The van der Waals surface area contributed by atoms with Gasteiger partial charge in [0.25, 0.3) is 5.56 Å². The highest BCUT2D eigenvalue weighted by molar-refractivity contribution is 6.31. The van der Waals surface area contributed by atoms with E-state index in [0.717, 1.165) is 24.3 Å². The number of benzene rings is 2. The third-order valence-electron chi connectivity index (χ3n) is 6.18. The lowest BCUT2D eigenvalue weighted by Gasteiger charge is -2.24. The van der Waals surface area contributed by atoms with Crippen molar-refractivity contribution in [3.8, 4) is 5.75 Å². The fourth-order valence-electron chi connectivity index (χ4n) is 4.12. The van der Waals surface area contributed by atoms with Gasteiger partial charge in [0.1, 0.15) is 5.75 Å². The molecule has 0 unspecified atom stereocenters. The second-order valence-electron chi connectivity index (χ2n) is 8.57. The van der Waals surface area contributed by atoms with E-state index in [9.17, 15) is 24.6 Å². The molecule has 1 atom stereocenters. The Morgan fingerprint density at radius 3 is 2.46 bits per heavy atom. The Morgan fingerprint density at radius 2 is 1.81 bits per heavy atom. The van der Waals surface area contributed by atoms with Crippen molar-refractivity contribution in [3.05, 3.63) is 86.3 Å². The standard InChI is InChI=1S/C27H31ClN4O5/c1-4-32(5-2)19-11-8-10-18(13-19)22(15-23(33)34)30-27(37)31-24-25(35)16(3)21(29-26(24)36)14-17-9-6-7-12-20(17)28/h6-13,22H,4-5,14-15H2,1-3H3,(H,33,34)(H2,29,35,36)(H2,30,31,37)/t22-/m0/s1. The maximum absolute atomic E-state index is 12.8. The highest BCUT2D eigenvalue weighted by Crippen LogP contribution is 2.28. The number of nitrogens with one attached hydrogen (secondary N) is 3. The van der Waals surface area contributed by atoms with Crippen LogP contribution in [0.1, 0.15) is 48.7 Å². The van der Waals surface area contributed by atoms with Gasteiger partial charge in [-0.25, -0.2) is 4.79 Å². The number of anilines is 2. The van der Waals surface area contributed by atoms with E-state index < -0.39 is 23.6 Å². The number of hydrogen-bond donors (Lipinski definition) is 5. The first kappa shape index (κ1) is 27.6. The Kier molecular flexibility index (Phi) is 9.19. The summed E-state index contributed by atoms with van der Waals surface area (Å²) in [5.41, 5.74) is 2.08. The van der Waals surface area contributed by atoms with Crippen molar-refractivity contribution < 1.29 is 19.8 Å². The van der Waals surface area contributed by atoms with Crippen molar-refractivity contribution in [1.29, 1.82) is 0 Å². The summed E-state index contributed by atoms with van der Waals surface area (Å²) in [6.45, 7) is 7.19. The lowest BCUT2D eigenvalue weighted by atomic mass is 10.0. The minimum absolute atomic E-state index is 0.282. The molecule has 3 rings (SSSR count). The van der Waals surface area contributed by atoms with E-state index in [2.05, 4.69) is 20.5 Å². The zero-order chi connectivity index (χ0) is 27.1. The van der Waals surface area contributed by atoms with E-state index in [0.29, 0.717) is 21.8 Å². The number of aromatic amines is 1. The molecule has 0 aliphatic heterocycles. The van der Waals surface area contributed by atoms with Gasteiger partial charge in [-0.1, -0.05) is 41.9 Å². The van der Waals surface area contributed by atoms with Crippen molar-refractivity contribution >= 4 is 35.0 Å². The largest absolute Gasteiger partial charge is 0.505 e. The average molecular weight is 527 g/mol. The Labute approximate surface area is 220 Å². The molecule has 0 aliphatic carbocycles. The average Bonchev–Trinajstić information content (AvgIpc) is 2.86. The van der Waals surface area contributed by atoms with Crippen LogP contribution in [-0.4, -0.2) is 40.3 Å². The first-order valence-corrected chi connectivity index (χ1v) is 12.3. The fraction of sp³-hybridized carbons (Fsp3) is 0.296. The summed E-state index contributed by atoms with van der Waals surface area (Å²) in [4.78, 5) is 41.9. The van der Waals surface area contributed by atoms with E-state index in [4.69, 9.17) is 11.6 Å². The normalized spacial score (nSPS) is 11.6. The van der Waals surface area contributed by atoms with Gasteiger partial charge in [0.2, 0.25) is 0 Å². The number of aromatic hydroxyl groups is 1. The quantitative estimate of drug-likeness (QED) is 0.257. The molecule has 0 radical (unpaired) electrons. The highest BCUT2D eigenvalue weighted by atomic mass is 35.5. The number of amides is 2. The van der Waals surface area contributed by atoms with Crippen LogP contribution in [0.15, 0.2) is 53.3 Å². The molecule has 0 saturated carbocycles. The van der Waals surface area contributed by atoms with Crippen LogP contribution in [0.2, 0.25) is 5.02 Å². The van der Waals surface area contributed by atoms with E-state index in [1.807, 2.05) is 38.1 Å². The number of carboxylic acids is 1. The molecule has 1 aromatic heterocycles. The van der Waals surface area contributed by atoms with E-state index in [1.165, 1.54) is 0 Å². The number of rotatable bonds is 10. The minimum Gasteiger partial charge on any atom is -0.505 e. The van der Waals surface area contributed by atoms with Crippen LogP contribution >= 0.6 is 11.6 Å². The first-order valence-electron chi connectivity index (χ1n) is 12.0. The van der Waals surface area contributed by atoms with Crippen LogP contribution in [-0.2, 0) is 11.2 Å². The molecular formula is C27H31ClN4O5. The van der Waals surface area contributed by atoms with Gasteiger partial charge >= 0.3 is 12.0 Å². The molecule has 5 N–H and O–H groups in total. The third kappa shape index (κ3) is 6.83. The van der Waals surface area contributed by atoms with Crippen LogP contribution in [0.5, 0.6) is 5.75 Å². The van der Waals surface area contributed by atoms with Crippen molar-refractivity contribution in [3.63, 3.8) is 0 Å². The number of urea groups is 1. The molecule has 2 amide bonds. The fourth-order valence-corrected chi connectivity index (χ4v) is 4.32. The highest BCUT2D eigenvalue weighted by Gasteiger charge is 2.22. The molecule has 0 spiro atoms. The Hall–Kier alpha value is -3.98. The molecule has 0 aliphatic rings. The van der Waals surface area contributed by atoms with Crippen molar-refractivity contribution in [2.75, 3.05) is 23.3 Å². The number of hydrogen-bond acceptors (Lipinski definition) is 5. The van der Waals surface area contributed by atoms with E-state index in [-0.39, 0.29) is 24.3 Å². The minimum atomic E-state index is -1.10. The van der Waals surface area contributed by atoms with Crippen LogP contribution in [0, 0.1) is 6.92 Å². The lowest BCUT2D eigenvalue weighted by Crippen LogP contribution is -2.35. The van der Waals surface area contributed by atoms with Crippen LogP contribution in [0.25, 0.3) is 0 Å². The summed E-state index contributed by atoms with van der Waals surface area (Å²) < 4.78 is 0. The van der Waals surface area contributed by atoms with Crippen molar-refractivity contribution in [2.45, 2.75) is 39.7 Å². The number of carboxylic acid groups (broad SMARTS) is 1. The summed E-state index contributed by atoms with van der Waals surface area (Å²) in [5, 5.41) is 25.7. The smallest absolute Gasteiger partial charge is 0.319 e. The predicted molar refractivity (Wildman–Crippen MR) is 145 cm³/mol. The summed E-state index contributed by atoms with van der Waals surface area (Å²) in [6.07, 6.45) is -0.0857. The molecule has 1 heterocycles. The van der Waals surface area contributed by atoms with Gasteiger partial charge in [-0.2, -0.15) is 0 Å². The predicted octanol–water partition coefficient (Wildman–Crippen LogP) is 4.82. The molecular weight excluding hydrogens is 496 g/mol. The number of carbonyl (C=O) groups excluding carboxylic acids is 1. The molecule has 2 aromatic carbocycles. The number of carbonyl (C=O) groups is 2. The monoisotopic (exact) mass is 526 g/mol. The van der Waals surface area contributed by atoms with Gasteiger partial charge in [0.15, 0.2) is 5.69 Å². The number of pyridine rings is 1. The Bertz CT molecular complexity index is 1340. The van der Waals surface area contributed by atoms with Crippen LogP contribution < -0.4 is 21.1 Å². The number of aromatic nitrogens is 1. The Morgan fingerprint density at radius 1 is 1.11 bits per heavy atom. The SMILES string of the molecule is CCN(CC)c1cccc([C@H](CC(=O)O)NC(=O)Nc2c(O)c(C)c(Cc3ccccc3Cl)[nH]c2=O)c1. The molecule has 0 bridgehead atoms. The molecule has 0 saturated heterocycles. The first-order chi connectivity index (χ1) is 17.6. The summed E-state index contributed by atoms with van der Waals surface area (Å²) >= 11 is 6.22. The van der Waals surface area contributed by atoms with Crippen molar-refractivity contribution in [1.82, 2.24) is 10.3 Å². The Balaban J connectivity index is 1.83. The van der Waals surface area contributed by atoms with Gasteiger partial charge in [-0.15, -0.1) is 0 Å². The molecule has 10 heteroatoms. The van der Waals surface area contributed by atoms with Gasteiger partial charge in [0, 0.05) is 41.5 Å². The van der Waals surface area contributed by atoms with Crippen molar-refractivity contribution in [2.24, 2.45) is 0 Å².